The predicted molar refractivity (Wildman–Crippen MR) is 61.9 cm³/mol. The van der Waals surface area contributed by atoms with E-state index in [9.17, 15) is 13.2 Å². The molecule has 18 heavy (non-hydrogen) atoms. The van der Waals surface area contributed by atoms with Gasteiger partial charge in [-0.25, -0.2) is 4.39 Å². The Morgan fingerprint density at radius 2 is 2.11 bits per heavy atom. The lowest BCUT2D eigenvalue weighted by Gasteiger charge is -2.19. The molecule has 0 heterocycles. The van der Waals surface area contributed by atoms with Gasteiger partial charge in [-0.05, 0) is 25.8 Å². The Morgan fingerprint density at radius 1 is 1.44 bits per heavy atom. The first-order valence-electron chi connectivity index (χ1n) is 5.95. The molecule has 1 saturated carbocycles. The monoisotopic (exact) mass is 259 g/mol. The van der Waals surface area contributed by atoms with Crippen LogP contribution in [0.5, 0.6) is 0 Å². The minimum atomic E-state index is -3.32. The van der Waals surface area contributed by atoms with Gasteiger partial charge in [-0.15, -0.1) is 0 Å². The van der Waals surface area contributed by atoms with Crippen LogP contribution in [0.1, 0.15) is 36.9 Å². The highest BCUT2D eigenvalue weighted by atomic mass is 19.3. The van der Waals surface area contributed by atoms with Gasteiger partial charge < -0.3 is 10.5 Å². The van der Waals surface area contributed by atoms with Crippen LogP contribution in [-0.4, -0.2) is 12.7 Å². The zero-order valence-electron chi connectivity index (χ0n) is 10.1. The van der Waals surface area contributed by atoms with Crippen LogP contribution in [0.2, 0.25) is 0 Å². The molecule has 1 fully saturated rings. The van der Waals surface area contributed by atoms with Gasteiger partial charge in [-0.3, -0.25) is 0 Å². The molecular weight excluding hydrogens is 243 g/mol. The lowest BCUT2D eigenvalue weighted by Crippen LogP contribution is -2.24. The SMILES string of the molecule is CC(N)c1cccc(C(F)(F)COC2CC2)c1F. The average Bonchev–Trinajstić information content (AvgIpc) is 3.10. The van der Waals surface area contributed by atoms with Crippen LogP contribution in [0.3, 0.4) is 0 Å². The summed E-state index contributed by atoms with van der Waals surface area (Å²) in [5.74, 6) is -4.26. The number of hydrogen-bond acceptors (Lipinski definition) is 2. The highest BCUT2D eigenvalue weighted by Crippen LogP contribution is 2.35. The van der Waals surface area contributed by atoms with Crippen molar-refractivity contribution < 1.29 is 17.9 Å². The lowest BCUT2D eigenvalue weighted by atomic mass is 10.0. The van der Waals surface area contributed by atoms with E-state index in [1.165, 1.54) is 12.1 Å². The van der Waals surface area contributed by atoms with Gasteiger partial charge >= 0.3 is 0 Å². The smallest absolute Gasteiger partial charge is 0.298 e. The Balaban J connectivity index is 2.22. The van der Waals surface area contributed by atoms with Crippen molar-refractivity contribution in [2.45, 2.75) is 37.8 Å². The highest BCUT2D eigenvalue weighted by molar-refractivity contribution is 5.31. The summed E-state index contributed by atoms with van der Waals surface area (Å²) >= 11 is 0. The molecule has 0 aromatic heterocycles. The molecule has 2 nitrogen and oxygen atoms in total. The lowest BCUT2D eigenvalue weighted by molar-refractivity contribution is -0.0895. The van der Waals surface area contributed by atoms with Crippen molar-refractivity contribution in [3.05, 3.63) is 35.1 Å². The van der Waals surface area contributed by atoms with Crippen LogP contribution < -0.4 is 5.73 Å². The molecule has 5 heteroatoms. The van der Waals surface area contributed by atoms with Crippen molar-refractivity contribution in [2.75, 3.05) is 6.61 Å². The number of ether oxygens (including phenoxy) is 1. The van der Waals surface area contributed by atoms with Crippen LogP contribution >= 0.6 is 0 Å². The summed E-state index contributed by atoms with van der Waals surface area (Å²) in [6.45, 7) is 0.776. The standard InChI is InChI=1S/C13H16F3NO/c1-8(17)10-3-2-4-11(12(10)14)13(15,16)7-18-9-5-6-9/h2-4,8-9H,5-7,17H2,1H3. The number of nitrogens with two attached hydrogens (primary N) is 1. The Labute approximate surface area is 104 Å². The number of halogens is 3. The number of rotatable bonds is 5. The first kappa shape index (κ1) is 13.4. The van der Waals surface area contributed by atoms with E-state index in [0.717, 1.165) is 18.9 Å². The maximum absolute atomic E-state index is 13.9. The third kappa shape index (κ3) is 2.84. The Morgan fingerprint density at radius 3 is 2.67 bits per heavy atom. The molecule has 2 N–H and O–H groups in total. The predicted octanol–water partition coefficient (Wildman–Crippen LogP) is 3.12. The van der Waals surface area contributed by atoms with Gasteiger partial charge in [0.05, 0.1) is 11.7 Å². The zero-order valence-corrected chi connectivity index (χ0v) is 10.1. The van der Waals surface area contributed by atoms with E-state index < -0.39 is 30.0 Å². The maximum atomic E-state index is 13.9. The van der Waals surface area contributed by atoms with Crippen molar-refractivity contribution in [3.63, 3.8) is 0 Å². The minimum absolute atomic E-state index is 0.0875. The topological polar surface area (TPSA) is 35.2 Å². The van der Waals surface area contributed by atoms with Gasteiger partial charge in [0.25, 0.3) is 5.92 Å². The molecule has 1 atom stereocenters. The van der Waals surface area contributed by atoms with Crippen LogP contribution in [0.15, 0.2) is 18.2 Å². The Hall–Kier alpha value is -1.07. The normalized spacial score (nSPS) is 17.8. The fourth-order valence-electron chi connectivity index (χ4n) is 1.72. The molecular formula is C13H16F3NO. The highest BCUT2D eigenvalue weighted by Gasteiger charge is 2.38. The quantitative estimate of drug-likeness (QED) is 0.881. The Kier molecular flexibility index (Phi) is 3.64. The average molecular weight is 259 g/mol. The van der Waals surface area contributed by atoms with E-state index in [4.69, 9.17) is 10.5 Å². The fraction of sp³-hybridized carbons (Fsp3) is 0.538. The number of benzene rings is 1. The second-order valence-electron chi connectivity index (χ2n) is 4.71. The summed E-state index contributed by atoms with van der Waals surface area (Å²) in [6.07, 6.45) is 1.52. The molecule has 2 rings (SSSR count). The summed E-state index contributed by atoms with van der Waals surface area (Å²) in [5, 5.41) is 0. The van der Waals surface area contributed by atoms with E-state index >= 15 is 0 Å². The van der Waals surface area contributed by atoms with Crippen molar-refractivity contribution in [3.8, 4) is 0 Å². The largest absolute Gasteiger partial charge is 0.372 e. The summed E-state index contributed by atoms with van der Waals surface area (Å²) in [6, 6.07) is 3.27. The summed E-state index contributed by atoms with van der Waals surface area (Å²) in [7, 11) is 0. The van der Waals surface area contributed by atoms with Crippen molar-refractivity contribution in [2.24, 2.45) is 5.73 Å². The molecule has 0 saturated heterocycles. The third-order valence-corrected chi connectivity index (χ3v) is 2.94. The fourth-order valence-corrected chi connectivity index (χ4v) is 1.72. The second kappa shape index (κ2) is 4.90. The van der Waals surface area contributed by atoms with E-state index in [1.54, 1.807) is 6.92 Å². The van der Waals surface area contributed by atoms with Gasteiger partial charge in [0.15, 0.2) is 0 Å². The van der Waals surface area contributed by atoms with Gasteiger partial charge in [0.1, 0.15) is 12.4 Å². The van der Waals surface area contributed by atoms with Crippen LogP contribution in [-0.2, 0) is 10.7 Å². The van der Waals surface area contributed by atoms with Crippen molar-refractivity contribution in [1.29, 1.82) is 0 Å². The summed E-state index contributed by atoms with van der Waals surface area (Å²) in [4.78, 5) is 0. The summed E-state index contributed by atoms with van der Waals surface area (Å²) in [5.41, 5.74) is 5.00. The molecule has 0 amide bonds. The van der Waals surface area contributed by atoms with Crippen LogP contribution in [0.4, 0.5) is 13.2 Å². The maximum Gasteiger partial charge on any atom is 0.298 e. The molecule has 1 unspecified atom stereocenters. The molecule has 1 aromatic carbocycles. The molecule has 1 aliphatic rings. The first-order chi connectivity index (χ1) is 8.42. The number of alkyl halides is 2. The molecule has 1 aromatic rings. The van der Waals surface area contributed by atoms with Crippen LogP contribution in [0, 0.1) is 5.82 Å². The van der Waals surface area contributed by atoms with E-state index in [1.807, 2.05) is 0 Å². The third-order valence-electron chi connectivity index (χ3n) is 2.94. The van der Waals surface area contributed by atoms with E-state index in [2.05, 4.69) is 0 Å². The van der Waals surface area contributed by atoms with Gasteiger partial charge in [0, 0.05) is 11.6 Å². The van der Waals surface area contributed by atoms with Crippen LogP contribution in [0.25, 0.3) is 0 Å². The second-order valence-corrected chi connectivity index (χ2v) is 4.71. The molecule has 100 valence electrons. The van der Waals surface area contributed by atoms with Gasteiger partial charge in [-0.1, -0.05) is 12.1 Å². The molecule has 0 bridgehead atoms. The van der Waals surface area contributed by atoms with Crippen molar-refractivity contribution in [1.82, 2.24) is 0 Å². The van der Waals surface area contributed by atoms with Gasteiger partial charge in [-0.2, -0.15) is 8.78 Å². The van der Waals surface area contributed by atoms with E-state index in [-0.39, 0.29) is 11.7 Å². The van der Waals surface area contributed by atoms with E-state index in [0.29, 0.717) is 0 Å². The zero-order chi connectivity index (χ0) is 13.3. The number of hydrogen-bond donors (Lipinski definition) is 1. The minimum Gasteiger partial charge on any atom is -0.372 e. The Bertz CT molecular complexity index is 430. The molecule has 1 aliphatic carbocycles. The summed E-state index contributed by atoms with van der Waals surface area (Å²) < 4.78 is 46.6. The van der Waals surface area contributed by atoms with Crippen molar-refractivity contribution >= 4 is 0 Å². The van der Waals surface area contributed by atoms with Gasteiger partial charge in [0.2, 0.25) is 0 Å². The first-order valence-corrected chi connectivity index (χ1v) is 5.95. The molecule has 0 spiro atoms. The molecule has 0 radical (unpaired) electrons. The molecule has 0 aliphatic heterocycles.